The third-order valence-electron chi connectivity index (χ3n) is 5.10. The summed E-state index contributed by atoms with van der Waals surface area (Å²) in [6, 6.07) is 3.43. The number of hydrogen-bond acceptors (Lipinski definition) is 4. The Balaban J connectivity index is 0.000000806. The lowest BCUT2D eigenvalue weighted by molar-refractivity contribution is 0.0694. The molecule has 158 valence electrons. The van der Waals surface area contributed by atoms with Crippen molar-refractivity contribution in [3.63, 3.8) is 0 Å². The second-order valence-electron chi connectivity index (χ2n) is 7.19. The predicted octanol–water partition coefficient (Wildman–Crippen LogP) is 4.15. The van der Waals surface area contributed by atoms with E-state index in [-0.39, 0.29) is 5.56 Å². The first-order valence-corrected chi connectivity index (χ1v) is 10.2. The van der Waals surface area contributed by atoms with Crippen LogP contribution in [0.4, 0.5) is 0 Å². The molecule has 1 aromatic carbocycles. The minimum atomic E-state index is -1.20. The summed E-state index contributed by atoms with van der Waals surface area (Å²) in [5.41, 5.74) is 5.01. The fourth-order valence-electron chi connectivity index (χ4n) is 3.88. The SMILES string of the molecule is CCC.CCc1c2c(cc(-c3cn[nH]c3)c1OC)-c1cc(=O)c(C(=O)O)cn1CC2. The molecule has 2 N–H and O–H groups in total. The Bertz CT molecular complexity index is 1110. The largest absolute Gasteiger partial charge is 0.496 e. The van der Waals surface area contributed by atoms with Gasteiger partial charge in [0.25, 0.3) is 0 Å². The smallest absolute Gasteiger partial charge is 0.341 e. The number of aryl methyl sites for hydroxylation is 1. The normalized spacial score (nSPS) is 11.7. The molecule has 0 amide bonds. The van der Waals surface area contributed by atoms with Gasteiger partial charge in [-0.25, -0.2) is 4.79 Å². The van der Waals surface area contributed by atoms with E-state index in [9.17, 15) is 14.7 Å². The van der Waals surface area contributed by atoms with Crippen molar-refractivity contribution < 1.29 is 14.6 Å². The molecule has 0 fully saturated rings. The van der Waals surface area contributed by atoms with Gasteiger partial charge in [0.15, 0.2) is 5.43 Å². The number of ether oxygens (including phenoxy) is 1. The Morgan fingerprint density at radius 2 is 2.00 bits per heavy atom. The van der Waals surface area contributed by atoms with E-state index in [4.69, 9.17) is 4.74 Å². The molecule has 0 saturated carbocycles. The first kappa shape index (κ1) is 21.4. The standard InChI is InChI=1S/C20H19N3O4.C3H8/c1-3-12-13-4-5-23-10-16(20(25)26)18(24)7-17(23)15(13)6-14(19(12)27-2)11-8-21-22-9-11;1-3-2/h6-10H,3-5H2,1-2H3,(H,21,22)(H,25,26);3H2,1-2H3. The Morgan fingerprint density at radius 1 is 1.27 bits per heavy atom. The summed E-state index contributed by atoms with van der Waals surface area (Å²) in [5, 5.41) is 16.1. The summed E-state index contributed by atoms with van der Waals surface area (Å²) in [6.45, 7) is 6.94. The molecule has 30 heavy (non-hydrogen) atoms. The van der Waals surface area contributed by atoms with Crippen LogP contribution in [0, 0.1) is 0 Å². The summed E-state index contributed by atoms with van der Waals surface area (Å²) < 4.78 is 7.58. The number of carboxylic acids is 1. The highest BCUT2D eigenvalue weighted by Gasteiger charge is 2.25. The van der Waals surface area contributed by atoms with Crippen LogP contribution in [0.2, 0.25) is 0 Å². The molecular weight excluding hydrogens is 382 g/mol. The molecule has 1 aliphatic heterocycles. The minimum Gasteiger partial charge on any atom is -0.496 e. The maximum Gasteiger partial charge on any atom is 0.341 e. The van der Waals surface area contributed by atoms with Crippen LogP contribution in [0.3, 0.4) is 0 Å². The summed E-state index contributed by atoms with van der Waals surface area (Å²) in [4.78, 5) is 23.6. The Kier molecular flexibility index (Phi) is 6.40. The van der Waals surface area contributed by atoms with Crippen LogP contribution < -0.4 is 10.2 Å². The predicted molar refractivity (Wildman–Crippen MR) is 116 cm³/mol. The van der Waals surface area contributed by atoms with Gasteiger partial charge in [0.05, 0.1) is 19.0 Å². The van der Waals surface area contributed by atoms with Crippen LogP contribution in [0.15, 0.2) is 35.5 Å². The third-order valence-corrected chi connectivity index (χ3v) is 5.10. The molecule has 3 heterocycles. The van der Waals surface area contributed by atoms with Crippen molar-refractivity contribution in [1.82, 2.24) is 14.8 Å². The molecule has 0 spiro atoms. The van der Waals surface area contributed by atoms with E-state index in [0.717, 1.165) is 52.1 Å². The number of carbonyl (C=O) groups is 1. The van der Waals surface area contributed by atoms with Gasteiger partial charge in [-0.2, -0.15) is 5.10 Å². The maximum absolute atomic E-state index is 12.3. The van der Waals surface area contributed by atoms with Crippen LogP contribution in [0.5, 0.6) is 5.75 Å². The first-order valence-electron chi connectivity index (χ1n) is 10.2. The van der Waals surface area contributed by atoms with Crippen molar-refractivity contribution in [1.29, 1.82) is 0 Å². The fourth-order valence-corrected chi connectivity index (χ4v) is 3.88. The second kappa shape index (κ2) is 8.98. The van der Waals surface area contributed by atoms with Crippen molar-refractivity contribution in [3.8, 4) is 28.1 Å². The third kappa shape index (κ3) is 3.75. The van der Waals surface area contributed by atoms with E-state index in [2.05, 4.69) is 31.0 Å². The molecule has 3 aromatic rings. The number of benzene rings is 1. The molecule has 0 atom stereocenters. The van der Waals surface area contributed by atoms with E-state index in [1.807, 2.05) is 10.6 Å². The number of nitrogens with zero attached hydrogens (tertiary/aromatic N) is 2. The molecule has 7 nitrogen and oxygen atoms in total. The summed E-state index contributed by atoms with van der Waals surface area (Å²) >= 11 is 0. The van der Waals surface area contributed by atoms with E-state index in [0.29, 0.717) is 6.54 Å². The van der Waals surface area contributed by atoms with Crippen LogP contribution in [-0.2, 0) is 19.4 Å². The van der Waals surface area contributed by atoms with Gasteiger partial charge >= 0.3 is 5.97 Å². The van der Waals surface area contributed by atoms with E-state index in [1.54, 1.807) is 19.5 Å². The number of fused-ring (bicyclic) bond motifs is 3. The van der Waals surface area contributed by atoms with Gasteiger partial charge in [0, 0.05) is 41.7 Å². The van der Waals surface area contributed by atoms with Crippen LogP contribution in [-0.4, -0.2) is 33.0 Å². The average Bonchev–Trinajstić information content (AvgIpc) is 3.26. The van der Waals surface area contributed by atoms with Crippen molar-refractivity contribution in [2.45, 2.75) is 46.6 Å². The number of pyridine rings is 1. The zero-order valence-electron chi connectivity index (χ0n) is 17.8. The van der Waals surface area contributed by atoms with Crippen molar-refractivity contribution in [3.05, 3.63) is 57.6 Å². The molecule has 0 aliphatic carbocycles. The number of hydrogen-bond donors (Lipinski definition) is 2. The zero-order chi connectivity index (χ0) is 21.8. The Morgan fingerprint density at radius 3 is 2.57 bits per heavy atom. The molecular formula is C23H27N3O4. The van der Waals surface area contributed by atoms with E-state index >= 15 is 0 Å². The van der Waals surface area contributed by atoms with Gasteiger partial charge in [0.2, 0.25) is 0 Å². The Labute approximate surface area is 175 Å². The van der Waals surface area contributed by atoms with Gasteiger partial charge in [0.1, 0.15) is 11.3 Å². The van der Waals surface area contributed by atoms with Gasteiger partial charge in [-0.15, -0.1) is 0 Å². The van der Waals surface area contributed by atoms with Crippen LogP contribution >= 0.6 is 0 Å². The van der Waals surface area contributed by atoms with E-state index in [1.165, 1.54) is 18.7 Å². The van der Waals surface area contributed by atoms with Gasteiger partial charge in [-0.05, 0) is 30.0 Å². The highest BCUT2D eigenvalue weighted by Crippen LogP contribution is 2.42. The van der Waals surface area contributed by atoms with Crippen molar-refractivity contribution in [2.24, 2.45) is 0 Å². The quantitative estimate of drug-likeness (QED) is 0.675. The summed E-state index contributed by atoms with van der Waals surface area (Å²) in [6.07, 6.45) is 7.75. The Hall–Kier alpha value is -3.35. The molecule has 0 radical (unpaired) electrons. The van der Waals surface area contributed by atoms with Crippen LogP contribution in [0.1, 0.15) is 48.7 Å². The van der Waals surface area contributed by atoms with E-state index < -0.39 is 11.4 Å². The van der Waals surface area contributed by atoms with Gasteiger partial charge < -0.3 is 14.4 Å². The number of aromatic carboxylic acids is 1. The average molecular weight is 409 g/mol. The monoisotopic (exact) mass is 409 g/mol. The molecule has 0 bridgehead atoms. The fraction of sp³-hybridized carbons (Fsp3) is 0.348. The first-order chi connectivity index (χ1) is 14.5. The zero-order valence-corrected chi connectivity index (χ0v) is 17.8. The molecule has 0 unspecified atom stereocenters. The van der Waals surface area contributed by atoms with Crippen molar-refractivity contribution in [2.75, 3.05) is 7.11 Å². The lowest BCUT2D eigenvalue weighted by Crippen LogP contribution is -2.22. The topological polar surface area (TPSA) is 97.2 Å². The minimum absolute atomic E-state index is 0.207. The van der Waals surface area contributed by atoms with Crippen LogP contribution in [0.25, 0.3) is 22.4 Å². The molecule has 0 saturated heterocycles. The number of rotatable bonds is 4. The number of aromatic nitrogens is 3. The number of H-pyrrole nitrogens is 1. The molecule has 2 aromatic heterocycles. The maximum atomic E-state index is 12.3. The molecule has 1 aliphatic rings. The lowest BCUT2D eigenvalue weighted by atomic mass is 9.87. The van der Waals surface area contributed by atoms with Gasteiger partial charge in [-0.1, -0.05) is 27.2 Å². The number of methoxy groups -OCH3 is 1. The number of nitrogens with one attached hydrogen (secondary N) is 1. The summed E-state index contributed by atoms with van der Waals surface area (Å²) in [7, 11) is 1.66. The van der Waals surface area contributed by atoms with Crippen molar-refractivity contribution >= 4 is 5.97 Å². The number of carboxylic acid groups (broad SMARTS) is 1. The second-order valence-corrected chi connectivity index (χ2v) is 7.19. The highest BCUT2D eigenvalue weighted by atomic mass is 16.5. The van der Waals surface area contributed by atoms with Gasteiger partial charge in [-0.3, -0.25) is 9.89 Å². The highest BCUT2D eigenvalue weighted by molar-refractivity contribution is 5.88. The summed E-state index contributed by atoms with van der Waals surface area (Å²) in [5.74, 6) is -0.389. The molecule has 4 rings (SSSR count). The lowest BCUT2D eigenvalue weighted by Gasteiger charge is -2.27. The molecule has 7 heteroatoms. The number of aromatic amines is 1.